The molecule has 0 aromatic heterocycles. The molecular weight excluding hydrogens is 446 g/mol. The molecule has 0 unspecified atom stereocenters. The number of hydrogen-bond donors (Lipinski definition) is 1. The molecule has 0 spiro atoms. The van der Waals surface area contributed by atoms with Gasteiger partial charge in [0.05, 0.1) is 26.9 Å². The van der Waals surface area contributed by atoms with Gasteiger partial charge in [-0.05, 0) is 48.5 Å². The van der Waals surface area contributed by atoms with Gasteiger partial charge in [0.25, 0.3) is 11.8 Å². The molecule has 35 heavy (non-hydrogen) atoms. The average molecular weight is 476 g/mol. The fourth-order valence-corrected chi connectivity index (χ4v) is 4.07. The highest BCUT2D eigenvalue weighted by atomic mass is 16.5. The molecule has 1 aliphatic heterocycles. The maximum Gasteiger partial charge on any atom is 0.259 e. The van der Waals surface area contributed by atoms with Crippen molar-refractivity contribution in [1.82, 2.24) is 4.90 Å². The predicted molar refractivity (Wildman–Crippen MR) is 135 cm³/mol. The maximum absolute atomic E-state index is 13.0. The maximum atomic E-state index is 13.0. The second-order valence-electron chi connectivity index (χ2n) is 8.08. The number of amides is 2. The highest BCUT2D eigenvalue weighted by molar-refractivity contribution is 6.06. The van der Waals surface area contributed by atoms with E-state index in [0.29, 0.717) is 60.2 Å². The second kappa shape index (κ2) is 10.8. The molecule has 1 heterocycles. The summed E-state index contributed by atoms with van der Waals surface area (Å²) in [4.78, 5) is 29.7. The molecule has 1 N–H and O–H groups in total. The van der Waals surface area contributed by atoms with E-state index in [2.05, 4.69) is 10.2 Å². The zero-order valence-corrected chi connectivity index (χ0v) is 20.1. The first-order chi connectivity index (χ1) is 17.0. The Kier molecular flexibility index (Phi) is 7.40. The highest BCUT2D eigenvalue weighted by Crippen LogP contribution is 2.25. The first-order valence-electron chi connectivity index (χ1n) is 11.3. The zero-order valence-electron chi connectivity index (χ0n) is 20.1. The Morgan fingerprint density at radius 1 is 0.771 bits per heavy atom. The normalized spacial score (nSPS) is 13.2. The molecular formula is C27H29N3O5. The summed E-state index contributed by atoms with van der Waals surface area (Å²) in [6.45, 7) is 2.62. The summed E-state index contributed by atoms with van der Waals surface area (Å²) in [6.07, 6.45) is 0. The fraction of sp³-hybridized carbons (Fsp3) is 0.259. The lowest BCUT2D eigenvalue weighted by Gasteiger charge is -2.36. The number of nitrogens with one attached hydrogen (secondary N) is 1. The van der Waals surface area contributed by atoms with Crippen molar-refractivity contribution in [2.45, 2.75) is 0 Å². The Bertz CT molecular complexity index is 1170. The third kappa shape index (κ3) is 5.48. The van der Waals surface area contributed by atoms with Crippen molar-refractivity contribution in [3.63, 3.8) is 0 Å². The molecule has 1 fully saturated rings. The molecule has 0 bridgehead atoms. The van der Waals surface area contributed by atoms with Crippen LogP contribution >= 0.6 is 0 Å². The van der Waals surface area contributed by atoms with Crippen molar-refractivity contribution in [3.05, 3.63) is 77.9 Å². The van der Waals surface area contributed by atoms with Crippen LogP contribution in [-0.4, -0.2) is 64.2 Å². The highest BCUT2D eigenvalue weighted by Gasteiger charge is 2.23. The minimum Gasteiger partial charge on any atom is -0.497 e. The first kappa shape index (κ1) is 23.9. The Labute approximate surface area is 205 Å². The van der Waals surface area contributed by atoms with Crippen LogP contribution in [0.4, 0.5) is 11.4 Å². The lowest BCUT2D eigenvalue weighted by Crippen LogP contribution is -2.48. The predicted octanol–water partition coefficient (Wildman–Crippen LogP) is 3.93. The summed E-state index contributed by atoms with van der Waals surface area (Å²) in [5.41, 5.74) is 2.76. The lowest BCUT2D eigenvalue weighted by molar-refractivity contribution is 0.0746. The lowest BCUT2D eigenvalue weighted by atomic mass is 10.1. The molecule has 4 rings (SSSR count). The van der Waals surface area contributed by atoms with Gasteiger partial charge in [-0.1, -0.05) is 12.1 Å². The zero-order chi connectivity index (χ0) is 24.8. The number of piperazine rings is 1. The molecule has 8 heteroatoms. The topological polar surface area (TPSA) is 80.3 Å². The molecule has 8 nitrogen and oxygen atoms in total. The van der Waals surface area contributed by atoms with Crippen LogP contribution in [0.15, 0.2) is 66.7 Å². The molecule has 0 radical (unpaired) electrons. The summed E-state index contributed by atoms with van der Waals surface area (Å²) >= 11 is 0. The van der Waals surface area contributed by atoms with Crippen molar-refractivity contribution in [2.24, 2.45) is 0 Å². The van der Waals surface area contributed by atoms with Gasteiger partial charge >= 0.3 is 0 Å². The van der Waals surface area contributed by atoms with Gasteiger partial charge in [-0.3, -0.25) is 9.59 Å². The molecule has 0 saturated carbocycles. The second-order valence-corrected chi connectivity index (χ2v) is 8.08. The van der Waals surface area contributed by atoms with E-state index < -0.39 is 0 Å². The van der Waals surface area contributed by atoms with E-state index >= 15 is 0 Å². The van der Waals surface area contributed by atoms with E-state index in [1.807, 2.05) is 35.2 Å². The van der Waals surface area contributed by atoms with Gasteiger partial charge < -0.3 is 29.3 Å². The smallest absolute Gasteiger partial charge is 0.259 e. The molecule has 182 valence electrons. The van der Waals surface area contributed by atoms with Crippen molar-refractivity contribution in [2.75, 3.05) is 57.7 Å². The van der Waals surface area contributed by atoms with Gasteiger partial charge in [0.1, 0.15) is 17.2 Å². The molecule has 2 amide bonds. The van der Waals surface area contributed by atoms with E-state index in [-0.39, 0.29) is 11.8 Å². The fourth-order valence-electron chi connectivity index (χ4n) is 4.07. The molecule has 0 atom stereocenters. The monoisotopic (exact) mass is 475 g/mol. The van der Waals surface area contributed by atoms with Gasteiger partial charge in [-0.25, -0.2) is 0 Å². The molecule has 3 aromatic carbocycles. The summed E-state index contributed by atoms with van der Waals surface area (Å²) in [5, 5.41) is 2.91. The van der Waals surface area contributed by atoms with Crippen molar-refractivity contribution >= 4 is 23.2 Å². The van der Waals surface area contributed by atoms with E-state index in [0.717, 1.165) is 5.69 Å². The average Bonchev–Trinajstić information content (AvgIpc) is 2.92. The van der Waals surface area contributed by atoms with Crippen LogP contribution in [0.2, 0.25) is 0 Å². The first-order valence-corrected chi connectivity index (χ1v) is 11.3. The number of para-hydroxylation sites is 1. The summed E-state index contributed by atoms with van der Waals surface area (Å²) < 4.78 is 15.8. The van der Waals surface area contributed by atoms with Crippen LogP contribution in [0.5, 0.6) is 17.2 Å². The minimum absolute atomic E-state index is 0.0451. The molecule has 1 aliphatic rings. The summed E-state index contributed by atoms with van der Waals surface area (Å²) in [6, 6.07) is 20.0. The largest absolute Gasteiger partial charge is 0.497 e. The van der Waals surface area contributed by atoms with E-state index in [1.165, 1.54) is 0 Å². The van der Waals surface area contributed by atoms with Crippen LogP contribution in [0, 0.1) is 0 Å². The Balaban J connectivity index is 1.36. The van der Waals surface area contributed by atoms with Crippen LogP contribution in [0.25, 0.3) is 0 Å². The number of carbonyl (C=O) groups is 2. The van der Waals surface area contributed by atoms with Gasteiger partial charge in [-0.15, -0.1) is 0 Å². The van der Waals surface area contributed by atoms with E-state index in [1.54, 1.807) is 57.7 Å². The number of anilines is 2. The van der Waals surface area contributed by atoms with Crippen molar-refractivity contribution in [1.29, 1.82) is 0 Å². The molecule has 3 aromatic rings. The number of benzene rings is 3. The standard InChI is InChI=1S/C27H29N3O5/c1-33-22-16-19(17-23(18-22)34-2)27(32)30-14-12-29(13-15-30)21-10-8-20(9-11-21)28-26(31)24-6-4-5-7-25(24)35-3/h4-11,16-18H,12-15H2,1-3H3,(H,28,31). The van der Waals surface area contributed by atoms with Crippen LogP contribution in [0.3, 0.4) is 0 Å². The van der Waals surface area contributed by atoms with Crippen LogP contribution in [0.1, 0.15) is 20.7 Å². The summed E-state index contributed by atoms with van der Waals surface area (Å²) in [5.74, 6) is 1.43. The Morgan fingerprint density at radius 2 is 1.40 bits per heavy atom. The molecule has 1 saturated heterocycles. The van der Waals surface area contributed by atoms with Crippen molar-refractivity contribution in [3.8, 4) is 17.2 Å². The quantitative estimate of drug-likeness (QED) is 0.558. The van der Waals surface area contributed by atoms with Crippen LogP contribution in [-0.2, 0) is 0 Å². The Morgan fingerprint density at radius 3 is 2.00 bits per heavy atom. The Hall–Kier alpha value is -4.20. The number of methoxy groups -OCH3 is 3. The molecule has 0 aliphatic carbocycles. The number of rotatable bonds is 7. The summed E-state index contributed by atoms with van der Waals surface area (Å²) in [7, 11) is 4.68. The van der Waals surface area contributed by atoms with Crippen molar-refractivity contribution < 1.29 is 23.8 Å². The van der Waals surface area contributed by atoms with Gasteiger partial charge in [0, 0.05) is 49.2 Å². The van der Waals surface area contributed by atoms with Gasteiger partial charge in [0.15, 0.2) is 0 Å². The number of nitrogens with zero attached hydrogens (tertiary/aromatic N) is 2. The third-order valence-electron chi connectivity index (χ3n) is 6.01. The van der Waals surface area contributed by atoms with E-state index in [9.17, 15) is 9.59 Å². The minimum atomic E-state index is -0.225. The SMILES string of the molecule is COc1cc(OC)cc(C(=O)N2CCN(c3ccc(NC(=O)c4ccccc4OC)cc3)CC2)c1. The number of ether oxygens (including phenoxy) is 3. The number of carbonyl (C=O) groups excluding carboxylic acids is 2. The van der Waals surface area contributed by atoms with Crippen LogP contribution < -0.4 is 24.4 Å². The third-order valence-corrected chi connectivity index (χ3v) is 6.01. The van der Waals surface area contributed by atoms with E-state index in [4.69, 9.17) is 14.2 Å². The number of hydrogen-bond acceptors (Lipinski definition) is 6. The van der Waals surface area contributed by atoms with Gasteiger partial charge in [0.2, 0.25) is 0 Å². The van der Waals surface area contributed by atoms with Gasteiger partial charge in [-0.2, -0.15) is 0 Å².